The highest BCUT2D eigenvalue weighted by Crippen LogP contribution is 2.15. The van der Waals surface area contributed by atoms with Crippen LogP contribution in [0.15, 0.2) is 42.7 Å². The monoisotopic (exact) mass is 244 g/mol. The predicted octanol–water partition coefficient (Wildman–Crippen LogP) is 2.38. The molecule has 1 heterocycles. The summed E-state index contributed by atoms with van der Waals surface area (Å²) in [5.41, 5.74) is 2.41. The summed E-state index contributed by atoms with van der Waals surface area (Å²) in [6, 6.07) is 9.64. The van der Waals surface area contributed by atoms with Gasteiger partial charge in [0.25, 0.3) is 0 Å². The number of aryl methyl sites for hydroxylation is 2. The Bertz CT molecular complexity index is 518. The molecular weight excluding hydrogens is 226 g/mol. The summed E-state index contributed by atoms with van der Waals surface area (Å²) < 4.78 is 7.61. The number of hydrogen-bond donors (Lipinski definition) is 1. The highest BCUT2D eigenvalue weighted by Gasteiger charge is 2.03. The van der Waals surface area contributed by atoms with Gasteiger partial charge < -0.3 is 9.84 Å². The van der Waals surface area contributed by atoms with E-state index < -0.39 is 0 Å². The minimum atomic E-state index is 0.268. The normalized spacial score (nSPS) is 10.3. The molecule has 3 heteroatoms. The number of pyridine rings is 1. The molecule has 0 saturated heterocycles. The van der Waals surface area contributed by atoms with Crippen molar-refractivity contribution in [2.45, 2.75) is 20.4 Å². The van der Waals surface area contributed by atoms with E-state index >= 15 is 0 Å². The van der Waals surface area contributed by atoms with Crippen molar-refractivity contribution in [1.82, 2.24) is 0 Å². The maximum absolute atomic E-state index is 9.34. The zero-order valence-corrected chi connectivity index (χ0v) is 10.8. The summed E-state index contributed by atoms with van der Waals surface area (Å²) >= 11 is 0. The van der Waals surface area contributed by atoms with Gasteiger partial charge in [0.2, 0.25) is 6.20 Å². The van der Waals surface area contributed by atoms with E-state index in [1.165, 1.54) is 11.1 Å². The van der Waals surface area contributed by atoms with Crippen molar-refractivity contribution < 1.29 is 14.4 Å². The molecule has 94 valence electrons. The van der Waals surface area contributed by atoms with E-state index in [0.717, 1.165) is 5.75 Å². The number of rotatable bonds is 4. The van der Waals surface area contributed by atoms with E-state index in [1.54, 1.807) is 12.3 Å². The number of aromatic nitrogens is 1. The molecule has 0 aliphatic heterocycles. The molecule has 18 heavy (non-hydrogen) atoms. The van der Waals surface area contributed by atoms with Crippen molar-refractivity contribution in [3.8, 4) is 11.5 Å². The molecule has 0 atom stereocenters. The smallest absolute Gasteiger partial charge is 0.211 e. The van der Waals surface area contributed by atoms with E-state index in [4.69, 9.17) is 4.74 Å². The minimum Gasteiger partial charge on any atom is -0.503 e. The Morgan fingerprint density at radius 2 is 1.89 bits per heavy atom. The minimum absolute atomic E-state index is 0.268. The van der Waals surface area contributed by atoms with Crippen LogP contribution in [0, 0.1) is 13.8 Å². The van der Waals surface area contributed by atoms with Crippen LogP contribution in [-0.4, -0.2) is 11.7 Å². The molecule has 0 amide bonds. The Morgan fingerprint density at radius 1 is 1.17 bits per heavy atom. The van der Waals surface area contributed by atoms with Crippen molar-refractivity contribution in [2.75, 3.05) is 6.61 Å². The van der Waals surface area contributed by atoms with Gasteiger partial charge in [-0.3, -0.25) is 0 Å². The van der Waals surface area contributed by atoms with Gasteiger partial charge in [-0.2, -0.15) is 4.57 Å². The second-order valence-electron chi connectivity index (χ2n) is 4.47. The Morgan fingerprint density at radius 3 is 2.56 bits per heavy atom. The molecule has 0 spiro atoms. The SMILES string of the molecule is Cc1cc(C)cc(OCC[n+]2cccc(O)c2)c1. The van der Waals surface area contributed by atoms with Crippen LogP contribution in [0.2, 0.25) is 0 Å². The zero-order valence-electron chi connectivity index (χ0n) is 10.8. The van der Waals surface area contributed by atoms with Gasteiger partial charge in [0.05, 0.1) is 0 Å². The molecule has 0 radical (unpaired) electrons. The topological polar surface area (TPSA) is 33.3 Å². The second-order valence-corrected chi connectivity index (χ2v) is 4.47. The first kappa shape index (κ1) is 12.4. The average Bonchev–Trinajstić information content (AvgIpc) is 2.27. The van der Waals surface area contributed by atoms with Gasteiger partial charge in [0, 0.05) is 6.07 Å². The van der Waals surface area contributed by atoms with E-state index in [2.05, 4.69) is 19.9 Å². The molecular formula is C15H18NO2+. The first-order chi connectivity index (χ1) is 8.63. The predicted molar refractivity (Wildman–Crippen MR) is 69.7 cm³/mol. The number of benzene rings is 1. The quantitative estimate of drug-likeness (QED) is 0.838. The fraction of sp³-hybridized carbons (Fsp3) is 0.267. The van der Waals surface area contributed by atoms with Gasteiger partial charge in [-0.25, -0.2) is 0 Å². The van der Waals surface area contributed by atoms with Crippen LogP contribution in [0.5, 0.6) is 11.5 Å². The third-order valence-electron chi connectivity index (χ3n) is 2.66. The molecule has 2 aromatic rings. The van der Waals surface area contributed by atoms with E-state index in [0.29, 0.717) is 13.2 Å². The molecule has 0 bridgehead atoms. The van der Waals surface area contributed by atoms with Gasteiger partial charge in [-0.15, -0.1) is 0 Å². The van der Waals surface area contributed by atoms with Gasteiger partial charge in [-0.05, 0) is 43.2 Å². The van der Waals surface area contributed by atoms with Crippen LogP contribution in [-0.2, 0) is 6.54 Å². The molecule has 1 aromatic heterocycles. The molecule has 2 rings (SSSR count). The van der Waals surface area contributed by atoms with Gasteiger partial charge >= 0.3 is 0 Å². The summed E-state index contributed by atoms with van der Waals surface area (Å²) in [4.78, 5) is 0. The van der Waals surface area contributed by atoms with E-state index in [9.17, 15) is 5.11 Å². The van der Waals surface area contributed by atoms with E-state index in [1.807, 2.05) is 29.0 Å². The third kappa shape index (κ3) is 3.48. The van der Waals surface area contributed by atoms with Crippen LogP contribution in [0.25, 0.3) is 0 Å². The van der Waals surface area contributed by atoms with Gasteiger partial charge in [0.15, 0.2) is 18.5 Å². The Kier molecular flexibility index (Phi) is 3.82. The number of nitrogens with zero attached hydrogens (tertiary/aromatic N) is 1. The summed E-state index contributed by atoms with van der Waals surface area (Å²) in [7, 11) is 0. The highest BCUT2D eigenvalue weighted by atomic mass is 16.5. The fourth-order valence-electron chi connectivity index (χ4n) is 1.93. The van der Waals surface area contributed by atoms with Crippen LogP contribution in [0.3, 0.4) is 0 Å². The Hall–Kier alpha value is -2.03. The lowest BCUT2D eigenvalue weighted by molar-refractivity contribution is -0.697. The first-order valence-electron chi connectivity index (χ1n) is 6.03. The average molecular weight is 244 g/mol. The first-order valence-corrected chi connectivity index (χ1v) is 6.03. The van der Waals surface area contributed by atoms with Crippen molar-refractivity contribution in [3.05, 3.63) is 53.9 Å². The molecule has 0 saturated carbocycles. The van der Waals surface area contributed by atoms with Crippen molar-refractivity contribution in [3.63, 3.8) is 0 Å². The van der Waals surface area contributed by atoms with Crippen molar-refractivity contribution in [1.29, 1.82) is 0 Å². The number of aromatic hydroxyl groups is 1. The lowest BCUT2D eigenvalue weighted by Crippen LogP contribution is -2.35. The highest BCUT2D eigenvalue weighted by molar-refractivity contribution is 5.32. The molecule has 0 unspecified atom stereocenters. The summed E-state index contributed by atoms with van der Waals surface area (Å²) in [6.07, 6.45) is 3.59. The van der Waals surface area contributed by atoms with Crippen LogP contribution in [0.1, 0.15) is 11.1 Å². The summed E-state index contributed by atoms with van der Waals surface area (Å²) in [6.45, 7) is 5.41. The molecule has 3 nitrogen and oxygen atoms in total. The lowest BCUT2D eigenvalue weighted by atomic mass is 10.1. The van der Waals surface area contributed by atoms with Gasteiger partial charge in [0.1, 0.15) is 12.4 Å². The second kappa shape index (κ2) is 5.54. The summed E-state index contributed by atoms with van der Waals surface area (Å²) in [5, 5.41) is 9.34. The Labute approximate surface area is 107 Å². The van der Waals surface area contributed by atoms with Crippen LogP contribution < -0.4 is 9.30 Å². The summed E-state index contributed by atoms with van der Waals surface area (Å²) in [5.74, 6) is 1.16. The van der Waals surface area contributed by atoms with Crippen molar-refractivity contribution >= 4 is 0 Å². The molecule has 1 N–H and O–H groups in total. The third-order valence-corrected chi connectivity index (χ3v) is 2.66. The molecule has 0 fully saturated rings. The van der Waals surface area contributed by atoms with E-state index in [-0.39, 0.29) is 5.75 Å². The lowest BCUT2D eigenvalue weighted by Gasteiger charge is -2.06. The Balaban J connectivity index is 1.92. The standard InChI is InChI=1S/C15H17NO2/c1-12-8-13(2)10-15(9-12)18-7-6-16-5-3-4-14(17)11-16/h3-5,8-11H,6-7H2,1-2H3/p+1. The number of hydrogen-bond acceptors (Lipinski definition) is 2. The fourth-order valence-corrected chi connectivity index (χ4v) is 1.93. The van der Waals surface area contributed by atoms with Crippen LogP contribution in [0.4, 0.5) is 0 Å². The maximum atomic E-state index is 9.34. The molecule has 1 aromatic carbocycles. The molecule has 0 aliphatic rings. The number of ether oxygens (including phenoxy) is 1. The van der Waals surface area contributed by atoms with Crippen LogP contribution >= 0.6 is 0 Å². The van der Waals surface area contributed by atoms with Gasteiger partial charge in [-0.1, -0.05) is 6.07 Å². The molecule has 0 aliphatic carbocycles. The largest absolute Gasteiger partial charge is 0.503 e. The van der Waals surface area contributed by atoms with Crippen molar-refractivity contribution in [2.24, 2.45) is 0 Å². The zero-order chi connectivity index (χ0) is 13.0. The maximum Gasteiger partial charge on any atom is 0.211 e.